The lowest BCUT2D eigenvalue weighted by Gasteiger charge is -2.20. The van der Waals surface area contributed by atoms with Gasteiger partial charge in [0.1, 0.15) is 0 Å². The fraction of sp³-hybridized carbons (Fsp3) is 0.333. The van der Waals surface area contributed by atoms with Gasteiger partial charge in [-0.1, -0.05) is 43.0 Å². The Morgan fingerprint density at radius 3 is 2.24 bits per heavy atom. The summed E-state index contributed by atoms with van der Waals surface area (Å²) in [6, 6.07) is 13.0. The maximum absolute atomic E-state index is 12.3. The molecule has 2 N–H and O–H groups in total. The van der Waals surface area contributed by atoms with Gasteiger partial charge in [-0.05, 0) is 61.7 Å². The molecule has 0 saturated heterocycles. The summed E-state index contributed by atoms with van der Waals surface area (Å²) in [5.41, 5.74) is 1.98. The summed E-state index contributed by atoms with van der Waals surface area (Å²) < 4.78 is 24.6. The first kappa shape index (κ1) is 21.3. The van der Waals surface area contributed by atoms with Gasteiger partial charge in [0.05, 0.1) is 10.6 Å². The molecule has 3 rings (SSSR count). The lowest BCUT2D eigenvalue weighted by Crippen LogP contribution is -2.24. The maximum Gasteiger partial charge on any atom is 0.276 e. The highest BCUT2D eigenvalue weighted by Gasteiger charge is 2.21. The lowest BCUT2D eigenvalue weighted by atomic mass is 9.88. The Bertz CT molecular complexity index is 981. The summed E-state index contributed by atoms with van der Waals surface area (Å²) in [6.45, 7) is 1.71. The third-order valence-electron chi connectivity index (χ3n) is 5.00. The van der Waals surface area contributed by atoms with E-state index in [9.17, 15) is 13.2 Å². The van der Waals surface area contributed by atoms with Crippen LogP contribution < -0.4 is 10.1 Å². The van der Waals surface area contributed by atoms with E-state index in [1.54, 1.807) is 31.2 Å². The average molecular weight is 434 g/mol. The van der Waals surface area contributed by atoms with Gasteiger partial charge < -0.3 is 5.32 Å². The maximum atomic E-state index is 12.3. The van der Waals surface area contributed by atoms with Crippen LogP contribution in [-0.4, -0.2) is 20.0 Å². The first-order valence-electron chi connectivity index (χ1n) is 9.58. The smallest absolute Gasteiger partial charge is 0.276 e. The van der Waals surface area contributed by atoms with E-state index in [2.05, 4.69) is 15.2 Å². The molecule has 154 valence electrons. The topological polar surface area (TPSA) is 87.6 Å². The van der Waals surface area contributed by atoms with E-state index in [1.165, 1.54) is 30.7 Å². The van der Waals surface area contributed by atoms with Crippen LogP contribution in [0.15, 0.2) is 58.5 Å². The second-order valence-electron chi connectivity index (χ2n) is 7.15. The zero-order valence-electron chi connectivity index (χ0n) is 16.2. The quantitative estimate of drug-likeness (QED) is 0.517. The minimum absolute atomic E-state index is 0.0681. The largest absolute Gasteiger partial charge is 0.326 e. The zero-order chi connectivity index (χ0) is 20.9. The van der Waals surface area contributed by atoms with Crippen molar-refractivity contribution in [2.24, 2.45) is 11.0 Å². The number of rotatable bonds is 6. The normalized spacial score (nSPS) is 15.7. The van der Waals surface area contributed by atoms with Gasteiger partial charge in [0, 0.05) is 16.6 Å². The Labute approximate surface area is 176 Å². The predicted molar refractivity (Wildman–Crippen MR) is 116 cm³/mol. The number of hydrazone groups is 1. The highest BCUT2D eigenvalue weighted by atomic mass is 35.5. The van der Waals surface area contributed by atoms with Crippen molar-refractivity contribution in [1.82, 2.24) is 4.83 Å². The van der Waals surface area contributed by atoms with Gasteiger partial charge in [-0.2, -0.15) is 18.4 Å². The monoisotopic (exact) mass is 433 g/mol. The first-order chi connectivity index (χ1) is 13.8. The van der Waals surface area contributed by atoms with Crippen LogP contribution in [0.1, 0.15) is 44.6 Å². The SMILES string of the molecule is C/C(=N\NS(=O)(=O)c1ccc(Cl)cc1)c1ccc(NC(=O)C2CCCCC2)cc1. The van der Waals surface area contributed by atoms with Crippen molar-refractivity contribution in [1.29, 1.82) is 0 Å². The summed E-state index contributed by atoms with van der Waals surface area (Å²) in [7, 11) is -3.77. The summed E-state index contributed by atoms with van der Waals surface area (Å²) in [6.07, 6.45) is 5.32. The molecule has 1 fully saturated rings. The van der Waals surface area contributed by atoms with Crippen molar-refractivity contribution in [2.45, 2.75) is 43.9 Å². The van der Waals surface area contributed by atoms with Gasteiger partial charge in [-0.3, -0.25) is 4.79 Å². The minimum atomic E-state index is -3.77. The van der Waals surface area contributed by atoms with Gasteiger partial charge in [-0.15, -0.1) is 0 Å². The molecule has 0 atom stereocenters. The highest BCUT2D eigenvalue weighted by Crippen LogP contribution is 2.25. The van der Waals surface area contributed by atoms with E-state index in [0.717, 1.165) is 36.9 Å². The fourth-order valence-corrected chi connectivity index (χ4v) is 4.25. The number of amides is 1. The van der Waals surface area contributed by atoms with Gasteiger partial charge in [0.25, 0.3) is 10.0 Å². The molecule has 1 saturated carbocycles. The van der Waals surface area contributed by atoms with Crippen LogP contribution in [0.2, 0.25) is 5.02 Å². The van der Waals surface area contributed by atoms with E-state index >= 15 is 0 Å². The molecule has 2 aromatic rings. The Hall–Kier alpha value is -2.38. The Morgan fingerprint density at radius 1 is 1.00 bits per heavy atom. The number of sulfonamides is 1. The Balaban J connectivity index is 1.62. The fourth-order valence-electron chi connectivity index (χ4n) is 3.26. The third kappa shape index (κ3) is 5.81. The van der Waals surface area contributed by atoms with Crippen molar-refractivity contribution >= 4 is 38.9 Å². The molecule has 0 radical (unpaired) electrons. The third-order valence-corrected chi connectivity index (χ3v) is 6.48. The van der Waals surface area contributed by atoms with Crippen LogP contribution in [0, 0.1) is 5.92 Å². The van der Waals surface area contributed by atoms with Crippen molar-refractivity contribution in [3.05, 3.63) is 59.1 Å². The van der Waals surface area contributed by atoms with Gasteiger partial charge in [0.15, 0.2) is 0 Å². The molecule has 6 nitrogen and oxygen atoms in total. The Morgan fingerprint density at radius 2 is 1.62 bits per heavy atom. The number of hydrogen-bond acceptors (Lipinski definition) is 4. The first-order valence-corrected chi connectivity index (χ1v) is 11.4. The van der Waals surface area contributed by atoms with Gasteiger partial charge in [0.2, 0.25) is 5.91 Å². The molecule has 0 heterocycles. The standard InChI is InChI=1S/C21H24ClN3O3S/c1-15(24-25-29(27,28)20-13-9-18(22)10-14-20)16-7-11-19(12-8-16)23-21(26)17-5-3-2-4-6-17/h7-14,17,25H,2-6H2,1H3,(H,23,26)/b24-15+. The molecule has 1 aliphatic rings. The molecule has 8 heteroatoms. The summed E-state index contributed by atoms with van der Waals surface area (Å²) in [5, 5.41) is 7.40. The summed E-state index contributed by atoms with van der Waals surface area (Å²) in [5.74, 6) is 0.160. The molecule has 0 unspecified atom stereocenters. The summed E-state index contributed by atoms with van der Waals surface area (Å²) >= 11 is 5.79. The molecule has 1 aliphatic carbocycles. The second-order valence-corrected chi connectivity index (χ2v) is 9.24. The molecule has 0 aromatic heterocycles. The van der Waals surface area contributed by atoms with Crippen molar-refractivity contribution < 1.29 is 13.2 Å². The molecular weight excluding hydrogens is 410 g/mol. The number of hydrogen-bond donors (Lipinski definition) is 2. The number of anilines is 1. The molecule has 29 heavy (non-hydrogen) atoms. The summed E-state index contributed by atoms with van der Waals surface area (Å²) in [4.78, 5) is 14.6. The van der Waals surface area contributed by atoms with E-state index < -0.39 is 10.0 Å². The lowest BCUT2D eigenvalue weighted by molar-refractivity contribution is -0.120. The van der Waals surface area contributed by atoms with Crippen LogP contribution >= 0.6 is 11.6 Å². The van der Waals surface area contributed by atoms with E-state index in [4.69, 9.17) is 11.6 Å². The van der Waals surface area contributed by atoms with Crippen molar-refractivity contribution in [3.8, 4) is 0 Å². The highest BCUT2D eigenvalue weighted by molar-refractivity contribution is 7.89. The predicted octanol–water partition coefficient (Wildman–Crippen LogP) is 4.56. The van der Waals surface area contributed by atoms with Crippen LogP contribution in [0.4, 0.5) is 5.69 Å². The molecule has 0 spiro atoms. The Kier molecular flexibility index (Phi) is 6.92. The number of nitrogens with one attached hydrogen (secondary N) is 2. The molecular formula is C21H24ClN3O3S. The van der Waals surface area contributed by atoms with E-state index in [-0.39, 0.29) is 16.7 Å². The molecule has 0 aliphatic heterocycles. The van der Waals surface area contributed by atoms with Crippen LogP contribution in [0.5, 0.6) is 0 Å². The number of carbonyl (C=O) groups is 1. The second kappa shape index (κ2) is 9.41. The van der Waals surface area contributed by atoms with Crippen molar-refractivity contribution in [3.63, 3.8) is 0 Å². The van der Waals surface area contributed by atoms with Crippen molar-refractivity contribution in [2.75, 3.05) is 5.32 Å². The minimum Gasteiger partial charge on any atom is -0.326 e. The van der Waals surface area contributed by atoms with Gasteiger partial charge >= 0.3 is 0 Å². The van der Waals surface area contributed by atoms with Crippen LogP contribution in [-0.2, 0) is 14.8 Å². The average Bonchev–Trinajstić information content (AvgIpc) is 2.73. The number of nitrogens with zero attached hydrogens (tertiary/aromatic N) is 1. The molecule has 2 aromatic carbocycles. The number of halogens is 1. The van der Waals surface area contributed by atoms with Gasteiger partial charge in [-0.25, -0.2) is 0 Å². The van der Waals surface area contributed by atoms with Crippen LogP contribution in [0.25, 0.3) is 0 Å². The van der Waals surface area contributed by atoms with Crippen LogP contribution in [0.3, 0.4) is 0 Å². The number of carbonyl (C=O) groups excluding carboxylic acids is 1. The van der Waals surface area contributed by atoms with E-state index in [0.29, 0.717) is 10.7 Å². The molecule has 0 bridgehead atoms. The van der Waals surface area contributed by atoms with E-state index in [1.807, 2.05) is 0 Å². The zero-order valence-corrected chi connectivity index (χ0v) is 17.8. The molecule has 1 amide bonds. The number of benzene rings is 2.